The number of sulfone groups is 1. The Morgan fingerprint density at radius 1 is 1.10 bits per heavy atom. The maximum Gasteiger partial charge on any atom is 0.175 e. The van der Waals surface area contributed by atoms with E-state index >= 15 is 0 Å². The van der Waals surface area contributed by atoms with Gasteiger partial charge in [0.25, 0.3) is 0 Å². The molecule has 158 valence electrons. The molecule has 1 aromatic carbocycles. The molecule has 0 N–H and O–H groups in total. The number of hydrogen-bond donors (Lipinski definition) is 0. The van der Waals surface area contributed by atoms with Crippen molar-refractivity contribution in [3.05, 3.63) is 40.6 Å². The summed E-state index contributed by atoms with van der Waals surface area (Å²) in [6, 6.07) is 4.95. The van der Waals surface area contributed by atoms with Crippen LogP contribution in [0.1, 0.15) is 29.3 Å². The van der Waals surface area contributed by atoms with Crippen molar-refractivity contribution < 1.29 is 12.6 Å². The zero-order valence-corrected chi connectivity index (χ0v) is 20.2. The van der Waals surface area contributed by atoms with Crippen molar-refractivity contribution in [1.29, 1.82) is 0 Å². The topological polar surface area (TPSA) is 81.4 Å². The fourth-order valence-electron chi connectivity index (χ4n) is 3.60. The predicted molar refractivity (Wildman–Crippen MR) is 123 cm³/mol. The molecule has 4 aromatic rings. The van der Waals surface area contributed by atoms with Crippen molar-refractivity contribution in [3.63, 3.8) is 0 Å². The van der Waals surface area contributed by atoms with E-state index in [9.17, 15) is 12.6 Å². The molecule has 0 saturated heterocycles. The molecule has 30 heavy (non-hydrogen) atoms. The van der Waals surface area contributed by atoms with E-state index in [4.69, 9.17) is 5.10 Å². The van der Waals surface area contributed by atoms with Crippen molar-refractivity contribution >= 4 is 47.7 Å². The minimum Gasteiger partial charge on any atom is -0.254 e. The number of fused-ring (bicyclic) bond motifs is 2. The quantitative estimate of drug-likeness (QED) is 0.451. The molecule has 1 unspecified atom stereocenters. The van der Waals surface area contributed by atoms with Crippen LogP contribution in [0, 0.1) is 27.7 Å². The van der Waals surface area contributed by atoms with Crippen LogP contribution < -0.4 is 0 Å². The Kier molecular flexibility index (Phi) is 5.11. The molecule has 0 spiro atoms. The van der Waals surface area contributed by atoms with Crippen LogP contribution in [0.15, 0.2) is 28.0 Å². The zero-order valence-electron chi connectivity index (χ0n) is 17.7. The summed E-state index contributed by atoms with van der Waals surface area (Å²) < 4.78 is 39.7. The second-order valence-electron chi connectivity index (χ2n) is 7.45. The monoisotopic (exact) mass is 461 g/mol. The first-order valence-corrected chi connectivity index (χ1v) is 13.6. The van der Waals surface area contributed by atoms with Crippen molar-refractivity contribution in [3.8, 4) is 10.7 Å². The van der Waals surface area contributed by atoms with Gasteiger partial charge in [-0.3, -0.25) is 4.21 Å². The van der Waals surface area contributed by atoms with E-state index in [2.05, 4.69) is 18.8 Å². The molecule has 0 aliphatic rings. The molecule has 0 amide bonds. The molecule has 9 heteroatoms. The summed E-state index contributed by atoms with van der Waals surface area (Å²) in [5.74, 6) is 0.475. The molecule has 0 bridgehead atoms. The van der Waals surface area contributed by atoms with E-state index in [1.807, 2.05) is 25.3 Å². The van der Waals surface area contributed by atoms with Gasteiger partial charge in [-0.25, -0.2) is 17.9 Å². The standard InChI is InChI=1S/C21H23N3O3S3/c1-7-29(25)20-18(23-24-14(5)12(3)11(2)13(4)19(20)24)21-22-16-10-15(30(6,26)27)8-9-17(16)28-21/h8-10H,7H2,1-6H3. The van der Waals surface area contributed by atoms with Crippen molar-refractivity contribution in [2.45, 2.75) is 44.4 Å². The molecule has 4 rings (SSSR count). The first-order valence-electron chi connectivity index (χ1n) is 9.53. The summed E-state index contributed by atoms with van der Waals surface area (Å²) in [7, 11) is -4.55. The number of aryl methyl sites for hydroxylation is 2. The highest BCUT2D eigenvalue weighted by Crippen LogP contribution is 2.38. The number of hydrogen-bond acceptors (Lipinski definition) is 6. The highest BCUT2D eigenvalue weighted by atomic mass is 32.2. The number of nitrogens with zero attached hydrogens (tertiary/aromatic N) is 3. The van der Waals surface area contributed by atoms with Gasteiger partial charge in [-0.15, -0.1) is 11.3 Å². The fourth-order valence-corrected chi connectivity index (χ4v) is 6.34. The van der Waals surface area contributed by atoms with Gasteiger partial charge in [-0.2, -0.15) is 5.10 Å². The minimum atomic E-state index is -3.32. The van der Waals surface area contributed by atoms with Crippen LogP contribution >= 0.6 is 11.3 Å². The second kappa shape index (κ2) is 7.25. The van der Waals surface area contributed by atoms with E-state index in [1.165, 1.54) is 23.2 Å². The normalized spacial score (nSPS) is 13.4. The SMILES string of the molecule is CCS(=O)c1c(-c2nc3cc(S(C)(=O)=O)ccc3s2)nn2c(C)c(C)c(C)c(C)c12. The maximum atomic E-state index is 13.1. The van der Waals surface area contributed by atoms with E-state index in [0.717, 1.165) is 27.0 Å². The van der Waals surface area contributed by atoms with Crippen LogP contribution in [0.2, 0.25) is 0 Å². The van der Waals surface area contributed by atoms with E-state index in [1.54, 1.807) is 18.2 Å². The number of benzene rings is 1. The largest absolute Gasteiger partial charge is 0.254 e. The van der Waals surface area contributed by atoms with Gasteiger partial charge in [0.15, 0.2) is 9.84 Å². The molecular weight excluding hydrogens is 438 g/mol. The lowest BCUT2D eigenvalue weighted by Gasteiger charge is -2.12. The Labute approximate surface area is 182 Å². The number of rotatable bonds is 4. The Morgan fingerprint density at radius 2 is 1.80 bits per heavy atom. The lowest BCUT2D eigenvalue weighted by molar-refractivity contribution is 0.602. The number of aromatic nitrogens is 3. The third-order valence-electron chi connectivity index (χ3n) is 5.66. The highest BCUT2D eigenvalue weighted by Gasteiger charge is 2.25. The molecule has 1 atom stereocenters. The van der Waals surface area contributed by atoms with Gasteiger partial charge in [-0.05, 0) is 62.6 Å². The average Bonchev–Trinajstić information content (AvgIpc) is 3.30. The van der Waals surface area contributed by atoms with E-state index in [-0.39, 0.29) is 4.90 Å². The highest BCUT2D eigenvalue weighted by molar-refractivity contribution is 7.90. The third kappa shape index (κ3) is 3.19. The molecule has 3 aromatic heterocycles. The van der Waals surface area contributed by atoms with E-state index < -0.39 is 20.6 Å². The first-order chi connectivity index (χ1) is 14.0. The Morgan fingerprint density at radius 3 is 2.43 bits per heavy atom. The van der Waals surface area contributed by atoms with Gasteiger partial charge >= 0.3 is 0 Å². The molecule has 0 aliphatic carbocycles. The summed E-state index contributed by atoms with van der Waals surface area (Å²) in [5, 5.41) is 5.48. The molecule has 0 aliphatic heterocycles. The van der Waals surface area contributed by atoms with Gasteiger partial charge < -0.3 is 0 Å². The van der Waals surface area contributed by atoms with Crippen LogP contribution in [-0.4, -0.2) is 39.2 Å². The summed E-state index contributed by atoms with van der Waals surface area (Å²) in [4.78, 5) is 5.61. The van der Waals surface area contributed by atoms with Crippen molar-refractivity contribution in [2.75, 3.05) is 12.0 Å². The van der Waals surface area contributed by atoms with Crippen molar-refractivity contribution in [2.24, 2.45) is 0 Å². The number of thiazole rings is 1. The summed E-state index contributed by atoms with van der Waals surface area (Å²) >= 11 is 1.43. The van der Waals surface area contributed by atoms with Crippen LogP contribution in [0.4, 0.5) is 0 Å². The van der Waals surface area contributed by atoms with Crippen LogP contribution in [-0.2, 0) is 20.6 Å². The molecule has 6 nitrogen and oxygen atoms in total. The van der Waals surface area contributed by atoms with E-state index in [0.29, 0.717) is 26.9 Å². The molecular formula is C21H23N3O3S3. The van der Waals surface area contributed by atoms with Gasteiger partial charge in [0.05, 0.1) is 36.3 Å². The number of pyridine rings is 1. The zero-order chi connectivity index (χ0) is 22.0. The Hall–Kier alpha value is -2.10. The first kappa shape index (κ1) is 21.1. The van der Waals surface area contributed by atoms with Crippen LogP contribution in [0.25, 0.3) is 26.4 Å². The summed E-state index contributed by atoms with van der Waals surface area (Å²) in [6.45, 7) is 10.1. The lowest BCUT2D eigenvalue weighted by atomic mass is 10.0. The van der Waals surface area contributed by atoms with Crippen LogP contribution in [0.5, 0.6) is 0 Å². The lowest BCUT2D eigenvalue weighted by Crippen LogP contribution is -2.03. The fraction of sp³-hybridized carbons (Fsp3) is 0.333. The predicted octanol–water partition coefficient (Wildman–Crippen LogP) is 4.38. The van der Waals surface area contributed by atoms with Gasteiger partial charge in [0.2, 0.25) is 0 Å². The summed E-state index contributed by atoms with van der Waals surface area (Å²) in [6.07, 6.45) is 1.18. The molecule has 0 saturated carbocycles. The molecule has 0 radical (unpaired) electrons. The maximum absolute atomic E-state index is 13.1. The Balaban J connectivity index is 2.07. The molecule has 3 heterocycles. The molecule has 0 fully saturated rings. The summed E-state index contributed by atoms with van der Waals surface area (Å²) in [5.41, 5.74) is 6.48. The average molecular weight is 462 g/mol. The minimum absolute atomic E-state index is 0.233. The smallest absolute Gasteiger partial charge is 0.175 e. The second-order valence-corrected chi connectivity index (χ2v) is 12.2. The Bertz CT molecular complexity index is 1460. The van der Waals surface area contributed by atoms with Crippen molar-refractivity contribution in [1.82, 2.24) is 14.6 Å². The van der Waals surface area contributed by atoms with Gasteiger partial charge in [0, 0.05) is 17.7 Å². The van der Waals surface area contributed by atoms with Gasteiger partial charge in [0.1, 0.15) is 10.7 Å². The third-order valence-corrected chi connectivity index (χ3v) is 9.18. The van der Waals surface area contributed by atoms with Crippen LogP contribution in [0.3, 0.4) is 0 Å². The van der Waals surface area contributed by atoms with Gasteiger partial charge in [-0.1, -0.05) is 6.92 Å².